The van der Waals surface area contributed by atoms with E-state index in [1.54, 1.807) is 20.3 Å². The number of aromatic nitrogens is 1. The number of rotatable bonds is 6. The lowest BCUT2D eigenvalue weighted by atomic mass is 9.83. The van der Waals surface area contributed by atoms with Crippen molar-refractivity contribution in [3.8, 4) is 17.2 Å². The highest BCUT2D eigenvalue weighted by Crippen LogP contribution is 2.46. The molecular formula is C30H33FN2O4. The van der Waals surface area contributed by atoms with Crippen LogP contribution >= 0.6 is 0 Å². The molecular weight excluding hydrogens is 471 g/mol. The highest BCUT2D eigenvalue weighted by atomic mass is 19.1. The van der Waals surface area contributed by atoms with Crippen LogP contribution in [0, 0.1) is 5.41 Å². The van der Waals surface area contributed by atoms with Gasteiger partial charge in [-0.2, -0.15) is 0 Å². The summed E-state index contributed by atoms with van der Waals surface area (Å²) in [6.07, 6.45) is 7.58. The Morgan fingerprint density at radius 3 is 2.76 bits per heavy atom. The number of hydrogen-bond acceptors (Lipinski definition) is 5. The highest BCUT2D eigenvalue weighted by molar-refractivity contribution is 5.87. The van der Waals surface area contributed by atoms with Crippen LogP contribution in [0.25, 0.3) is 10.9 Å². The van der Waals surface area contributed by atoms with Gasteiger partial charge in [-0.3, -0.25) is 4.90 Å². The van der Waals surface area contributed by atoms with E-state index >= 15 is 0 Å². The summed E-state index contributed by atoms with van der Waals surface area (Å²) < 4.78 is 34.1. The highest BCUT2D eigenvalue weighted by Gasteiger charge is 2.37. The third kappa shape index (κ3) is 3.92. The van der Waals surface area contributed by atoms with Crippen molar-refractivity contribution in [3.05, 3.63) is 76.8 Å². The molecule has 194 valence electrons. The minimum atomic E-state index is -0.688. The van der Waals surface area contributed by atoms with Crippen molar-refractivity contribution in [3.63, 3.8) is 0 Å². The Labute approximate surface area is 216 Å². The predicted molar refractivity (Wildman–Crippen MR) is 141 cm³/mol. The smallest absolute Gasteiger partial charge is 0.161 e. The Kier molecular flexibility index (Phi) is 6.00. The Bertz CT molecular complexity index is 1420. The lowest BCUT2D eigenvalue weighted by Gasteiger charge is -2.41. The molecule has 6 rings (SSSR count). The number of allylic oxidation sites excluding steroid dienone is 3. The molecule has 2 unspecified atom stereocenters. The monoisotopic (exact) mass is 504 g/mol. The second-order valence-corrected chi connectivity index (χ2v) is 10.5. The van der Waals surface area contributed by atoms with Crippen molar-refractivity contribution in [1.29, 1.82) is 0 Å². The number of nitrogens with zero attached hydrogens (tertiary/aromatic N) is 2. The Morgan fingerprint density at radius 2 is 2.00 bits per heavy atom. The zero-order valence-corrected chi connectivity index (χ0v) is 21.6. The van der Waals surface area contributed by atoms with Crippen LogP contribution < -0.4 is 14.2 Å². The third-order valence-electron chi connectivity index (χ3n) is 8.35. The molecule has 0 spiro atoms. The van der Waals surface area contributed by atoms with Crippen molar-refractivity contribution < 1.29 is 23.7 Å². The molecule has 0 fully saturated rings. The second kappa shape index (κ2) is 9.23. The third-order valence-corrected chi connectivity index (χ3v) is 8.35. The molecule has 0 radical (unpaired) electrons. The Balaban J connectivity index is 1.37. The molecule has 2 aliphatic heterocycles. The van der Waals surface area contributed by atoms with Gasteiger partial charge in [0.2, 0.25) is 0 Å². The molecule has 2 atom stereocenters. The first-order chi connectivity index (χ1) is 18.0. The van der Waals surface area contributed by atoms with Gasteiger partial charge in [0.15, 0.2) is 11.5 Å². The van der Waals surface area contributed by atoms with Crippen LogP contribution in [0.5, 0.6) is 17.2 Å². The fourth-order valence-electron chi connectivity index (χ4n) is 6.14. The van der Waals surface area contributed by atoms with E-state index in [4.69, 9.17) is 14.2 Å². The minimum Gasteiger partial charge on any atom is -0.497 e. The van der Waals surface area contributed by atoms with Crippen molar-refractivity contribution in [2.45, 2.75) is 45.5 Å². The van der Waals surface area contributed by atoms with E-state index in [-0.39, 0.29) is 25.2 Å². The van der Waals surface area contributed by atoms with E-state index in [9.17, 15) is 9.50 Å². The van der Waals surface area contributed by atoms with Gasteiger partial charge < -0.3 is 23.9 Å². The second-order valence-electron chi connectivity index (χ2n) is 10.5. The van der Waals surface area contributed by atoms with Crippen LogP contribution in [0.3, 0.4) is 0 Å². The molecule has 0 saturated heterocycles. The Morgan fingerprint density at radius 1 is 1.14 bits per heavy atom. The van der Waals surface area contributed by atoms with E-state index in [0.29, 0.717) is 17.9 Å². The summed E-state index contributed by atoms with van der Waals surface area (Å²) in [5, 5.41) is 11.3. The van der Waals surface area contributed by atoms with Gasteiger partial charge in [0.1, 0.15) is 24.9 Å². The van der Waals surface area contributed by atoms with Crippen LogP contribution in [0.1, 0.15) is 41.8 Å². The largest absolute Gasteiger partial charge is 0.497 e. The van der Waals surface area contributed by atoms with Crippen molar-refractivity contribution >= 4 is 10.9 Å². The zero-order chi connectivity index (χ0) is 25.7. The summed E-state index contributed by atoms with van der Waals surface area (Å²) in [6, 6.07) is 10.4. The van der Waals surface area contributed by atoms with E-state index in [1.165, 1.54) is 22.8 Å². The van der Waals surface area contributed by atoms with E-state index in [0.717, 1.165) is 48.3 Å². The summed E-state index contributed by atoms with van der Waals surface area (Å²) in [4.78, 5) is 2.48. The van der Waals surface area contributed by atoms with Gasteiger partial charge >= 0.3 is 0 Å². The molecule has 1 aliphatic carbocycles. The number of benzene rings is 2. The van der Waals surface area contributed by atoms with Crippen molar-refractivity contribution in [1.82, 2.24) is 9.47 Å². The van der Waals surface area contributed by atoms with Gasteiger partial charge in [-0.25, -0.2) is 4.39 Å². The maximum atomic E-state index is 14.6. The molecule has 0 amide bonds. The maximum Gasteiger partial charge on any atom is 0.161 e. The van der Waals surface area contributed by atoms with Crippen LogP contribution in [0.4, 0.5) is 4.39 Å². The summed E-state index contributed by atoms with van der Waals surface area (Å²) in [6.45, 7) is 3.76. The summed E-state index contributed by atoms with van der Waals surface area (Å²) in [7, 11) is 3.33. The predicted octanol–water partition coefficient (Wildman–Crippen LogP) is 5.46. The SMILES string of the molecule is COc1ccc2c(c1)c1c(n2CO)CN2CCc3cc(OC)c(OCC4(C)CC=CC=C4F)cc3C2C1. The number of methoxy groups -OCH3 is 2. The number of hydrogen-bond donors (Lipinski definition) is 1. The average molecular weight is 505 g/mol. The van der Waals surface area contributed by atoms with Crippen LogP contribution in [-0.2, 0) is 26.1 Å². The van der Waals surface area contributed by atoms with Gasteiger partial charge in [-0.15, -0.1) is 0 Å². The van der Waals surface area contributed by atoms with E-state index < -0.39 is 5.41 Å². The van der Waals surface area contributed by atoms with Crippen LogP contribution in [0.2, 0.25) is 0 Å². The molecule has 3 aliphatic rings. The molecule has 6 nitrogen and oxygen atoms in total. The summed E-state index contributed by atoms with van der Waals surface area (Å²) in [5.41, 5.74) is 5.24. The van der Waals surface area contributed by atoms with Gasteiger partial charge in [-0.1, -0.05) is 12.2 Å². The first-order valence-electron chi connectivity index (χ1n) is 12.8. The normalized spacial score (nSPS) is 22.7. The van der Waals surface area contributed by atoms with Crippen molar-refractivity contribution in [2.24, 2.45) is 5.41 Å². The van der Waals surface area contributed by atoms with Crippen LogP contribution in [-0.4, -0.2) is 41.9 Å². The maximum absolute atomic E-state index is 14.6. The molecule has 0 bridgehead atoms. The number of aliphatic hydroxyl groups is 1. The molecule has 0 saturated carbocycles. The molecule has 3 heterocycles. The number of halogens is 1. The topological polar surface area (TPSA) is 56.1 Å². The summed E-state index contributed by atoms with van der Waals surface area (Å²) >= 11 is 0. The number of ether oxygens (including phenoxy) is 3. The molecule has 7 heteroatoms. The molecule has 3 aromatic rings. The van der Waals surface area contributed by atoms with E-state index in [1.807, 2.05) is 29.7 Å². The lowest BCUT2D eigenvalue weighted by Crippen LogP contribution is -2.40. The molecule has 37 heavy (non-hydrogen) atoms. The van der Waals surface area contributed by atoms with Gasteiger partial charge in [0.25, 0.3) is 0 Å². The minimum absolute atomic E-state index is 0.0542. The van der Waals surface area contributed by atoms with E-state index in [2.05, 4.69) is 23.1 Å². The number of fused-ring (bicyclic) bond motifs is 6. The standard InChI is InChI=1S/C30H33FN2O4/c1-30(10-5-4-6-29(30)31)17-37-28-15-21-19(12-27(28)36-3)9-11-32-16-26-23(14-25(21)32)22-13-20(35-2)7-8-24(22)33(26)18-34/h4-8,12-13,15,25,34H,9-11,14,16-18H2,1-3H3. The lowest BCUT2D eigenvalue weighted by molar-refractivity contribution is 0.143. The van der Waals surface area contributed by atoms with Gasteiger partial charge in [0.05, 0.1) is 25.2 Å². The first kappa shape index (κ1) is 24.1. The van der Waals surface area contributed by atoms with Crippen LogP contribution in [0.15, 0.2) is 54.4 Å². The first-order valence-corrected chi connectivity index (χ1v) is 12.8. The van der Waals surface area contributed by atoms with Crippen molar-refractivity contribution in [2.75, 3.05) is 27.4 Å². The van der Waals surface area contributed by atoms with Gasteiger partial charge in [-0.05, 0) is 79.3 Å². The molecule has 1 N–H and O–H groups in total. The number of aliphatic hydroxyl groups excluding tert-OH is 1. The quantitative estimate of drug-likeness (QED) is 0.483. The fourth-order valence-corrected chi connectivity index (χ4v) is 6.14. The fraction of sp³-hybridized carbons (Fsp3) is 0.400. The average Bonchev–Trinajstić information content (AvgIpc) is 3.23. The van der Waals surface area contributed by atoms with Gasteiger partial charge in [0, 0.05) is 30.2 Å². The molecule has 1 aromatic heterocycles. The zero-order valence-electron chi connectivity index (χ0n) is 21.6. The molecule has 2 aromatic carbocycles. The summed E-state index contributed by atoms with van der Waals surface area (Å²) in [5.74, 6) is 1.99. The Hall–Kier alpha value is -3.29.